The quantitative estimate of drug-likeness (QED) is 0.400. The normalized spacial score (nSPS) is 18.1. The van der Waals surface area contributed by atoms with E-state index in [1.807, 2.05) is 18.2 Å². The third kappa shape index (κ3) is 2.21. The topological polar surface area (TPSA) is 0 Å². The zero-order chi connectivity index (χ0) is 17.1. The lowest BCUT2D eigenvalue weighted by molar-refractivity contribution is -0.136. The molecule has 0 bridgehead atoms. The lowest BCUT2D eigenvalue weighted by atomic mass is 9.80. The molecule has 124 valence electrons. The molecule has 0 saturated heterocycles. The van der Waals surface area contributed by atoms with Crippen LogP contribution in [0.2, 0.25) is 0 Å². The fourth-order valence-electron chi connectivity index (χ4n) is 4.32. The lowest BCUT2D eigenvalue weighted by Gasteiger charge is -2.25. The predicted octanol–water partition coefficient (Wildman–Crippen LogP) is 6.76. The lowest BCUT2D eigenvalue weighted by Crippen LogP contribution is -2.09. The maximum absolute atomic E-state index is 13.5. The standard InChI is InChI=1S/C21H19F3/c1-12-4-3-5-14-7-9-15-16-8-6-13(2)20(21(22,23)24)18(16)11-10-17(15)19(12)14/h6-12H,3-5H2,1-2H3/t12-/m1/s1. The van der Waals surface area contributed by atoms with Crippen LogP contribution in [-0.2, 0) is 12.6 Å². The molecule has 1 aliphatic rings. The largest absolute Gasteiger partial charge is 0.417 e. The Morgan fingerprint density at radius 2 is 1.50 bits per heavy atom. The number of benzene rings is 3. The number of aryl methyl sites for hydroxylation is 2. The summed E-state index contributed by atoms with van der Waals surface area (Å²) >= 11 is 0. The summed E-state index contributed by atoms with van der Waals surface area (Å²) in [4.78, 5) is 0. The molecule has 0 N–H and O–H groups in total. The maximum atomic E-state index is 13.5. The number of rotatable bonds is 0. The molecule has 0 nitrogen and oxygen atoms in total. The van der Waals surface area contributed by atoms with E-state index in [1.54, 1.807) is 12.1 Å². The summed E-state index contributed by atoms with van der Waals surface area (Å²) in [6.45, 7) is 3.75. The van der Waals surface area contributed by atoms with Crippen LogP contribution in [0.5, 0.6) is 0 Å². The minimum Gasteiger partial charge on any atom is -0.166 e. The van der Waals surface area contributed by atoms with E-state index in [-0.39, 0.29) is 5.56 Å². The van der Waals surface area contributed by atoms with Crippen LogP contribution in [0.25, 0.3) is 21.5 Å². The van der Waals surface area contributed by atoms with Gasteiger partial charge in [0, 0.05) is 0 Å². The minimum absolute atomic E-state index is 0.278. The zero-order valence-electron chi connectivity index (χ0n) is 13.8. The molecule has 0 heterocycles. The van der Waals surface area contributed by atoms with Crippen molar-refractivity contribution >= 4 is 21.5 Å². The molecule has 4 rings (SSSR count). The molecule has 0 amide bonds. The molecule has 3 aromatic rings. The van der Waals surface area contributed by atoms with Gasteiger partial charge in [-0.2, -0.15) is 13.2 Å². The van der Waals surface area contributed by atoms with Gasteiger partial charge in [-0.05, 0) is 70.3 Å². The van der Waals surface area contributed by atoms with Crippen LogP contribution in [-0.4, -0.2) is 0 Å². The Morgan fingerprint density at radius 1 is 0.875 bits per heavy atom. The van der Waals surface area contributed by atoms with Crippen LogP contribution >= 0.6 is 0 Å². The molecule has 0 radical (unpaired) electrons. The van der Waals surface area contributed by atoms with Crippen molar-refractivity contribution in [1.29, 1.82) is 0 Å². The molecule has 0 aromatic heterocycles. The highest BCUT2D eigenvalue weighted by Gasteiger charge is 2.34. The molecule has 0 saturated carbocycles. The third-order valence-electron chi connectivity index (χ3n) is 5.40. The fraction of sp³-hybridized carbons (Fsp3) is 0.333. The molecule has 1 atom stereocenters. The van der Waals surface area contributed by atoms with E-state index in [0.717, 1.165) is 23.6 Å². The Labute approximate surface area is 139 Å². The molecule has 0 fully saturated rings. The highest BCUT2D eigenvalue weighted by Crippen LogP contribution is 2.42. The van der Waals surface area contributed by atoms with E-state index >= 15 is 0 Å². The summed E-state index contributed by atoms with van der Waals surface area (Å²) < 4.78 is 40.5. The molecular weight excluding hydrogens is 309 g/mol. The first kappa shape index (κ1) is 15.5. The zero-order valence-corrected chi connectivity index (χ0v) is 13.8. The van der Waals surface area contributed by atoms with Crippen LogP contribution in [0.4, 0.5) is 13.2 Å². The fourth-order valence-corrected chi connectivity index (χ4v) is 4.32. The van der Waals surface area contributed by atoms with Crippen LogP contribution in [0.3, 0.4) is 0 Å². The van der Waals surface area contributed by atoms with Crippen molar-refractivity contribution in [1.82, 2.24) is 0 Å². The smallest absolute Gasteiger partial charge is 0.166 e. The van der Waals surface area contributed by atoms with Gasteiger partial charge in [-0.1, -0.05) is 43.3 Å². The van der Waals surface area contributed by atoms with Gasteiger partial charge in [0.15, 0.2) is 0 Å². The Balaban J connectivity index is 2.12. The number of hydrogen-bond donors (Lipinski definition) is 0. The SMILES string of the molecule is Cc1ccc2c(ccc3c4c(ccc32)CCC[C@H]4C)c1C(F)(F)F. The number of fused-ring (bicyclic) bond motifs is 5. The van der Waals surface area contributed by atoms with Crippen LogP contribution < -0.4 is 0 Å². The van der Waals surface area contributed by atoms with E-state index < -0.39 is 11.7 Å². The summed E-state index contributed by atoms with van der Waals surface area (Å²) in [5, 5.41) is 3.05. The second-order valence-electron chi connectivity index (χ2n) is 6.94. The second kappa shape index (κ2) is 5.23. The van der Waals surface area contributed by atoms with Crippen LogP contribution in [0.15, 0.2) is 36.4 Å². The van der Waals surface area contributed by atoms with Crippen molar-refractivity contribution in [2.24, 2.45) is 0 Å². The van der Waals surface area contributed by atoms with E-state index in [2.05, 4.69) is 13.0 Å². The van der Waals surface area contributed by atoms with Gasteiger partial charge in [-0.3, -0.25) is 0 Å². The Kier molecular flexibility index (Phi) is 3.38. The molecule has 3 heteroatoms. The van der Waals surface area contributed by atoms with Gasteiger partial charge in [0.05, 0.1) is 5.56 Å². The highest BCUT2D eigenvalue weighted by molar-refractivity contribution is 6.10. The molecule has 24 heavy (non-hydrogen) atoms. The molecule has 3 aromatic carbocycles. The summed E-state index contributed by atoms with van der Waals surface area (Å²) in [6.07, 6.45) is -0.940. The van der Waals surface area contributed by atoms with Crippen molar-refractivity contribution in [3.8, 4) is 0 Å². The molecule has 0 aliphatic heterocycles. The number of alkyl halides is 3. The Bertz CT molecular complexity index is 951. The van der Waals surface area contributed by atoms with E-state index in [9.17, 15) is 13.2 Å². The second-order valence-corrected chi connectivity index (χ2v) is 6.94. The van der Waals surface area contributed by atoms with Crippen molar-refractivity contribution in [2.75, 3.05) is 0 Å². The van der Waals surface area contributed by atoms with Crippen molar-refractivity contribution in [3.63, 3.8) is 0 Å². The van der Waals surface area contributed by atoms with Gasteiger partial charge < -0.3 is 0 Å². The summed E-state index contributed by atoms with van der Waals surface area (Å²) in [7, 11) is 0. The van der Waals surface area contributed by atoms with E-state index in [1.165, 1.54) is 24.5 Å². The van der Waals surface area contributed by atoms with Gasteiger partial charge in [-0.25, -0.2) is 0 Å². The highest BCUT2D eigenvalue weighted by atomic mass is 19.4. The van der Waals surface area contributed by atoms with Gasteiger partial charge in [-0.15, -0.1) is 0 Å². The number of hydrogen-bond acceptors (Lipinski definition) is 0. The van der Waals surface area contributed by atoms with Crippen molar-refractivity contribution in [3.05, 3.63) is 58.7 Å². The summed E-state index contributed by atoms with van der Waals surface area (Å²) in [5.41, 5.74) is 2.45. The first-order chi connectivity index (χ1) is 11.4. The molecule has 1 aliphatic carbocycles. The van der Waals surface area contributed by atoms with Crippen molar-refractivity contribution in [2.45, 2.75) is 45.2 Å². The minimum atomic E-state index is -4.33. The maximum Gasteiger partial charge on any atom is 0.417 e. The van der Waals surface area contributed by atoms with Crippen molar-refractivity contribution < 1.29 is 13.2 Å². The van der Waals surface area contributed by atoms with Gasteiger partial charge in [0.25, 0.3) is 0 Å². The third-order valence-corrected chi connectivity index (χ3v) is 5.40. The molecule has 0 unspecified atom stereocenters. The van der Waals surface area contributed by atoms with E-state index in [0.29, 0.717) is 16.7 Å². The monoisotopic (exact) mass is 328 g/mol. The first-order valence-corrected chi connectivity index (χ1v) is 8.43. The Morgan fingerprint density at radius 3 is 2.25 bits per heavy atom. The number of halogens is 3. The molecule has 0 spiro atoms. The van der Waals surface area contributed by atoms with Gasteiger partial charge in [0.2, 0.25) is 0 Å². The molecular formula is C21H19F3. The predicted molar refractivity (Wildman–Crippen MR) is 92.5 cm³/mol. The first-order valence-electron chi connectivity index (χ1n) is 8.43. The summed E-state index contributed by atoms with van der Waals surface area (Å²) in [5.74, 6) is 0.461. The van der Waals surface area contributed by atoms with Gasteiger partial charge >= 0.3 is 6.18 Å². The summed E-state index contributed by atoms with van der Waals surface area (Å²) in [6, 6.07) is 11.1. The van der Waals surface area contributed by atoms with E-state index in [4.69, 9.17) is 0 Å². The van der Waals surface area contributed by atoms with Gasteiger partial charge in [0.1, 0.15) is 0 Å². The average Bonchev–Trinajstić information content (AvgIpc) is 2.52. The van der Waals surface area contributed by atoms with Crippen LogP contribution in [0, 0.1) is 6.92 Å². The average molecular weight is 328 g/mol. The Hall–Kier alpha value is -2.03. The van der Waals surface area contributed by atoms with Crippen LogP contribution in [0.1, 0.15) is 47.9 Å².